The van der Waals surface area contributed by atoms with Crippen LogP contribution >= 0.6 is 0 Å². The Morgan fingerprint density at radius 1 is 1.27 bits per heavy atom. The monoisotopic (exact) mass is 408 g/mol. The Hall–Kier alpha value is -0.0695. The van der Waals surface area contributed by atoms with E-state index in [1.807, 2.05) is 0 Å². The molecular weight excluding hydrogens is 404 g/mol. The van der Waals surface area contributed by atoms with Gasteiger partial charge < -0.3 is 22.8 Å². The normalized spacial score (nSPS) is 9.73. The number of aliphatic carboxylic acids is 1. The van der Waals surface area contributed by atoms with Crippen LogP contribution in [0.2, 0.25) is 0 Å². The van der Waals surface area contributed by atoms with Gasteiger partial charge in [0.1, 0.15) is 0 Å². The number of carboxylic acids is 1. The molecule has 0 aromatic heterocycles. The van der Waals surface area contributed by atoms with Gasteiger partial charge in [-0.25, -0.2) is 4.79 Å². The van der Waals surface area contributed by atoms with Crippen molar-refractivity contribution < 1.29 is 59.8 Å². The van der Waals surface area contributed by atoms with E-state index in [0.717, 1.165) is 0 Å². The van der Waals surface area contributed by atoms with Gasteiger partial charge in [0.15, 0.2) is 0 Å². The van der Waals surface area contributed by atoms with Crippen molar-refractivity contribution in [2.24, 2.45) is 0 Å². The van der Waals surface area contributed by atoms with Gasteiger partial charge in [0, 0.05) is 0 Å². The van der Waals surface area contributed by atoms with Crippen molar-refractivity contribution in [2.45, 2.75) is 0 Å². The molecule has 0 bridgehead atoms. The molecule has 0 aliphatic heterocycles. The van der Waals surface area contributed by atoms with Gasteiger partial charge in [0.05, 0.1) is 0 Å². The fourth-order valence-electron chi connectivity index (χ4n) is 0.777. The first-order chi connectivity index (χ1) is 6.09. The Morgan fingerprint density at radius 2 is 1.73 bits per heavy atom. The van der Waals surface area contributed by atoms with E-state index in [4.69, 9.17) is 5.11 Å². The summed E-state index contributed by atoms with van der Waals surface area (Å²) in [6.07, 6.45) is 1.33. The van der Waals surface area contributed by atoms with E-state index < -0.39 is 5.97 Å². The van der Waals surface area contributed by atoms with Crippen molar-refractivity contribution in [1.29, 1.82) is 0 Å². The van der Waals surface area contributed by atoms with Crippen molar-refractivity contribution in [3.8, 4) is 5.75 Å². The molecule has 1 aromatic rings. The molecule has 0 saturated carbocycles. The predicted octanol–water partition coefficient (Wildman–Crippen LogP) is 0.728. The zero-order valence-corrected chi connectivity index (χ0v) is 10.9. The molecule has 1 N–H and O–H groups in total. The molecule has 0 fully saturated rings. The van der Waals surface area contributed by atoms with E-state index in [9.17, 15) is 9.90 Å². The Bertz CT molecular complexity index is 349. The number of hydrogen-bond acceptors (Lipinski definition) is 3. The largest absolute Gasteiger partial charge is 1.00 e. The minimum atomic E-state index is -1.14. The van der Waals surface area contributed by atoms with E-state index in [0.29, 0.717) is 5.56 Å². The number of benzene rings is 1. The molecule has 88 valence electrons. The summed E-state index contributed by atoms with van der Waals surface area (Å²) in [5, 5.41) is 19.1. The zero-order chi connectivity index (χ0) is 9.84. The molecule has 0 heterocycles. The van der Waals surface area contributed by atoms with Crippen molar-refractivity contribution in [3.05, 3.63) is 34.7 Å². The minimum absolute atomic E-state index is 0. The van der Waals surface area contributed by atoms with E-state index >= 15 is 0 Å². The van der Waals surface area contributed by atoms with Crippen LogP contribution in [0.15, 0.2) is 29.2 Å². The summed E-state index contributed by atoms with van der Waals surface area (Å²) >= 11 is 4.56. The topological polar surface area (TPSA) is 60.4 Å². The Morgan fingerprint density at radius 3 is 2.13 bits per heavy atom. The second-order valence-corrected chi connectivity index (χ2v) is 2.82. The fourth-order valence-corrected chi connectivity index (χ4v) is 0.913. The maximum Gasteiger partial charge on any atom is 1.00 e. The second-order valence-electron chi connectivity index (χ2n) is 2.38. The first-order valence-electron chi connectivity index (χ1n) is 3.48. The molecule has 0 radical (unpaired) electrons. The van der Waals surface area contributed by atoms with Crippen LogP contribution < -0.4 is 5.11 Å². The van der Waals surface area contributed by atoms with Gasteiger partial charge in [-0.05, 0) is 5.56 Å². The second kappa shape index (κ2) is 8.13. The van der Waals surface area contributed by atoms with E-state index in [1.165, 1.54) is 30.3 Å². The smallest absolute Gasteiger partial charge is 0.872 e. The molecule has 1 rings (SSSR count). The molecule has 6 heteroatoms. The third-order valence-corrected chi connectivity index (χ3v) is 1.68. The van der Waals surface area contributed by atoms with Crippen LogP contribution in [0, 0.1) is 0 Å². The number of carbonyl (C=O) groups is 1. The molecule has 0 unspecified atom stereocenters. The van der Waals surface area contributed by atoms with Crippen molar-refractivity contribution in [2.75, 3.05) is 0 Å². The Labute approximate surface area is 124 Å². The quantitative estimate of drug-likeness (QED) is 0.444. The van der Waals surface area contributed by atoms with Crippen LogP contribution in [-0.2, 0) is 62.2 Å². The SMILES string of the molecule is O=C(O)/C([S-])=C/c1ccc([O-])cc1.[Ag+].[Ag+]. The standard InChI is InChI=1S/C9H8O3S.2Ag/c10-7-3-1-6(2-4-7)5-8(13)9(11)12;;/h1-5,10,13H,(H,11,12);;/q;2*+1/p-2/b8-5-;;. The first kappa shape index (κ1) is 17.3. The predicted molar refractivity (Wildman–Crippen MR) is 48.9 cm³/mol. The third kappa shape index (κ3) is 6.17. The average molecular weight is 410 g/mol. The van der Waals surface area contributed by atoms with Crippen molar-refractivity contribution in [1.82, 2.24) is 0 Å². The summed E-state index contributed by atoms with van der Waals surface area (Å²) < 4.78 is 0. The molecule has 0 spiro atoms. The summed E-state index contributed by atoms with van der Waals surface area (Å²) in [7, 11) is 0. The van der Waals surface area contributed by atoms with Crippen LogP contribution in [-0.4, -0.2) is 11.1 Å². The van der Waals surface area contributed by atoms with Crippen molar-refractivity contribution in [3.63, 3.8) is 0 Å². The summed E-state index contributed by atoms with van der Waals surface area (Å²) in [6, 6.07) is 5.77. The Kier molecular flexibility index (Phi) is 9.39. The van der Waals surface area contributed by atoms with Gasteiger partial charge in [-0.15, -0.1) is 5.75 Å². The molecule has 0 aliphatic carbocycles. The molecule has 0 atom stereocenters. The first-order valence-corrected chi connectivity index (χ1v) is 3.89. The van der Waals surface area contributed by atoms with Crippen LogP contribution in [0.25, 0.3) is 6.08 Å². The van der Waals surface area contributed by atoms with E-state index in [1.54, 1.807) is 0 Å². The summed E-state index contributed by atoms with van der Waals surface area (Å²) in [5.74, 6) is -1.25. The van der Waals surface area contributed by atoms with Crippen LogP contribution in [0.5, 0.6) is 5.75 Å². The van der Waals surface area contributed by atoms with E-state index in [2.05, 4.69) is 12.6 Å². The zero-order valence-electron chi connectivity index (χ0n) is 7.16. The number of carboxylic acid groups (broad SMARTS) is 1. The van der Waals surface area contributed by atoms with E-state index in [-0.39, 0.29) is 55.4 Å². The van der Waals surface area contributed by atoms with Crippen LogP contribution in [0.1, 0.15) is 5.56 Å². The van der Waals surface area contributed by atoms with Gasteiger partial charge in [0.2, 0.25) is 0 Å². The van der Waals surface area contributed by atoms with Crippen LogP contribution in [0.4, 0.5) is 0 Å². The van der Waals surface area contributed by atoms with Gasteiger partial charge in [0.25, 0.3) is 0 Å². The average Bonchev–Trinajstić information content (AvgIpc) is 2.08. The third-order valence-electron chi connectivity index (χ3n) is 1.39. The maximum absolute atomic E-state index is 10.7. The number of rotatable bonds is 2. The van der Waals surface area contributed by atoms with Gasteiger partial charge in [-0.1, -0.05) is 35.2 Å². The molecule has 15 heavy (non-hydrogen) atoms. The molecule has 0 aliphatic rings. The van der Waals surface area contributed by atoms with Crippen molar-refractivity contribution >= 4 is 24.7 Å². The molecule has 0 saturated heterocycles. The summed E-state index contributed by atoms with van der Waals surface area (Å²) in [6.45, 7) is 0. The summed E-state index contributed by atoms with van der Waals surface area (Å²) in [4.78, 5) is 10.2. The number of hydrogen-bond donors (Lipinski definition) is 1. The molecule has 3 nitrogen and oxygen atoms in total. The van der Waals surface area contributed by atoms with Gasteiger partial charge >= 0.3 is 50.7 Å². The van der Waals surface area contributed by atoms with Crippen LogP contribution in [0.3, 0.4) is 0 Å². The minimum Gasteiger partial charge on any atom is -0.872 e. The Balaban J connectivity index is 0. The maximum atomic E-state index is 10.7. The molecule has 0 amide bonds. The fraction of sp³-hybridized carbons (Fsp3) is 0. The summed E-state index contributed by atoms with van der Waals surface area (Å²) in [5.41, 5.74) is 0.618. The molecular formula is C9H6Ag2O3S. The molecule has 1 aromatic carbocycles. The van der Waals surface area contributed by atoms with Gasteiger partial charge in [-0.3, -0.25) is 0 Å². The van der Waals surface area contributed by atoms with Gasteiger partial charge in [-0.2, -0.15) is 0 Å².